The smallest absolute Gasteiger partial charge is 0.0637 e. The number of nitrogens with zero attached hydrogens (tertiary/aromatic N) is 1. The average Bonchev–Trinajstić information content (AvgIpc) is 2.84. The Kier molecular flexibility index (Phi) is 6.03. The highest BCUT2D eigenvalue weighted by Gasteiger charge is 2.31. The van der Waals surface area contributed by atoms with Gasteiger partial charge in [0.15, 0.2) is 0 Å². The first-order valence-electron chi connectivity index (χ1n) is 7.84. The van der Waals surface area contributed by atoms with Gasteiger partial charge in [0.2, 0.25) is 0 Å². The Morgan fingerprint density at radius 2 is 2.24 bits per heavy atom. The minimum atomic E-state index is 0.237. The van der Waals surface area contributed by atoms with Gasteiger partial charge in [-0.25, -0.2) is 0 Å². The zero-order valence-corrected chi connectivity index (χ0v) is 13.4. The molecule has 118 valence electrons. The fraction of sp³-hybridized carbons (Fsp3) is 0.647. The lowest BCUT2D eigenvalue weighted by Crippen LogP contribution is -2.35. The number of anilines is 1. The SMILES string of the molecule is COCCNCc1ccc(N2CCC(C)C2CO)c(C)c1. The third kappa shape index (κ3) is 3.96. The Morgan fingerprint density at radius 1 is 1.43 bits per heavy atom. The first-order chi connectivity index (χ1) is 10.2. The maximum atomic E-state index is 9.62. The summed E-state index contributed by atoms with van der Waals surface area (Å²) < 4.78 is 5.03. The van der Waals surface area contributed by atoms with E-state index in [2.05, 4.69) is 42.3 Å². The normalized spacial score (nSPS) is 22.0. The summed E-state index contributed by atoms with van der Waals surface area (Å²) in [4.78, 5) is 2.36. The quantitative estimate of drug-likeness (QED) is 0.754. The van der Waals surface area contributed by atoms with Crippen molar-refractivity contribution in [2.45, 2.75) is 32.9 Å². The molecule has 0 aromatic heterocycles. The van der Waals surface area contributed by atoms with E-state index in [9.17, 15) is 5.11 Å². The van der Waals surface area contributed by atoms with Crippen molar-refractivity contribution in [1.29, 1.82) is 0 Å². The number of aliphatic hydroxyl groups excluding tert-OH is 1. The van der Waals surface area contributed by atoms with Crippen molar-refractivity contribution in [3.8, 4) is 0 Å². The van der Waals surface area contributed by atoms with Crippen molar-refractivity contribution in [3.05, 3.63) is 29.3 Å². The predicted molar refractivity (Wildman–Crippen MR) is 86.8 cm³/mol. The van der Waals surface area contributed by atoms with Crippen LogP contribution in [0.3, 0.4) is 0 Å². The van der Waals surface area contributed by atoms with Crippen molar-refractivity contribution >= 4 is 5.69 Å². The fourth-order valence-corrected chi connectivity index (χ4v) is 3.14. The number of benzene rings is 1. The van der Waals surface area contributed by atoms with Gasteiger partial charge in [-0.1, -0.05) is 19.1 Å². The topological polar surface area (TPSA) is 44.7 Å². The molecule has 0 amide bonds. The minimum Gasteiger partial charge on any atom is -0.394 e. The highest BCUT2D eigenvalue weighted by Crippen LogP contribution is 2.31. The molecule has 0 saturated carbocycles. The molecule has 1 fully saturated rings. The molecular weight excluding hydrogens is 264 g/mol. The molecule has 0 spiro atoms. The third-order valence-electron chi connectivity index (χ3n) is 4.45. The van der Waals surface area contributed by atoms with Crippen LogP contribution < -0.4 is 10.2 Å². The number of aliphatic hydroxyl groups is 1. The lowest BCUT2D eigenvalue weighted by atomic mass is 10.0. The van der Waals surface area contributed by atoms with Crippen LogP contribution in [0.25, 0.3) is 0 Å². The van der Waals surface area contributed by atoms with Gasteiger partial charge in [0.05, 0.1) is 19.3 Å². The number of hydrogen-bond acceptors (Lipinski definition) is 4. The van der Waals surface area contributed by atoms with Gasteiger partial charge in [0.1, 0.15) is 0 Å². The second kappa shape index (κ2) is 7.78. The first kappa shape index (κ1) is 16.3. The molecule has 1 heterocycles. The Morgan fingerprint density at radius 3 is 2.90 bits per heavy atom. The van der Waals surface area contributed by atoms with Gasteiger partial charge in [-0.15, -0.1) is 0 Å². The van der Waals surface area contributed by atoms with Crippen LogP contribution in [0.2, 0.25) is 0 Å². The Balaban J connectivity index is 2.02. The molecule has 0 aliphatic carbocycles. The van der Waals surface area contributed by atoms with Crippen molar-refractivity contribution in [3.63, 3.8) is 0 Å². The van der Waals surface area contributed by atoms with Crippen LogP contribution in [0, 0.1) is 12.8 Å². The van der Waals surface area contributed by atoms with E-state index in [4.69, 9.17) is 4.74 Å². The monoisotopic (exact) mass is 292 g/mol. The van der Waals surface area contributed by atoms with Gasteiger partial charge in [-0.2, -0.15) is 0 Å². The lowest BCUT2D eigenvalue weighted by molar-refractivity contribution is 0.199. The van der Waals surface area contributed by atoms with Gasteiger partial charge in [-0.3, -0.25) is 0 Å². The molecule has 2 atom stereocenters. The van der Waals surface area contributed by atoms with Crippen LogP contribution in [-0.4, -0.2) is 44.6 Å². The number of ether oxygens (including phenoxy) is 1. The van der Waals surface area contributed by atoms with Crippen LogP contribution in [0.1, 0.15) is 24.5 Å². The van der Waals surface area contributed by atoms with Gasteiger partial charge in [0, 0.05) is 32.4 Å². The van der Waals surface area contributed by atoms with Crippen molar-refractivity contribution in [1.82, 2.24) is 5.32 Å². The number of nitrogens with one attached hydrogen (secondary N) is 1. The van der Waals surface area contributed by atoms with E-state index in [0.717, 1.165) is 32.7 Å². The summed E-state index contributed by atoms with van der Waals surface area (Å²) in [6.45, 7) is 8.13. The van der Waals surface area contributed by atoms with Crippen LogP contribution in [0.4, 0.5) is 5.69 Å². The van der Waals surface area contributed by atoms with Crippen LogP contribution in [0.5, 0.6) is 0 Å². The molecule has 1 aliphatic rings. The molecule has 1 saturated heterocycles. The Labute approximate surface area is 128 Å². The number of methoxy groups -OCH3 is 1. The molecule has 0 radical (unpaired) electrons. The molecule has 21 heavy (non-hydrogen) atoms. The maximum Gasteiger partial charge on any atom is 0.0637 e. The summed E-state index contributed by atoms with van der Waals surface area (Å²) >= 11 is 0. The van der Waals surface area contributed by atoms with Crippen molar-refractivity contribution in [2.24, 2.45) is 5.92 Å². The van der Waals surface area contributed by atoms with E-state index in [0.29, 0.717) is 5.92 Å². The summed E-state index contributed by atoms with van der Waals surface area (Å²) in [6.07, 6.45) is 1.16. The predicted octanol–water partition coefficient (Wildman–Crippen LogP) is 1.94. The zero-order chi connectivity index (χ0) is 15.2. The highest BCUT2D eigenvalue weighted by atomic mass is 16.5. The van der Waals surface area contributed by atoms with E-state index in [1.165, 1.54) is 16.8 Å². The molecule has 4 heteroatoms. The van der Waals surface area contributed by atoms with Gasteiger partial charge >= 0.3 is 0 Å². The van der Waals surface area contributed by atoms with Crippen LogP contribution in [0.15, 0.2) is 18.2 Å². The van der Waals surface area contributed by atoms with E-state index >= 15 is 0 Å². The average molecular weight is 292 g/mol. The summed E-state index contributed by atoms with van der Waals surface area (Å²) in [7, 11) is 1.72. The molecule has 1 aliphatic heterocycles. The molecule has 0 bridgehead atoms. The summed E-state index contributed by atoms with van der Waals surface area (Å²) in [5, 5.41) is 13.0. The lowest BCUT2D eigenvalue weighted by Gasteiger charge is -2.29. The van der Waals surface area contributed by atoms with Gasteiger partial charge in [0.25, 0.3) is 0 Å². The zero-order valence-electron chi connectivity index (χ0n) is 13.4. The summed E-state index contributed by atoms with van der Waals surface area (Å²) in [5.74, 6) is 0.560. The van der Waals surface area contributed by atoms with Crippen molar-refractivity contribution < 1.29 is 9.84 Å². The summed E-state index contributed by atoms with van der Waals surface area (Å²) in [6, 6.07) is 6.88. The maximum absolute atomic E-state index is 9.62. The fourth-order valence-electron chi connectivity index (χ4n) is 3.14. The standard InChI is InChI=1S/C17H28N2O2/c1-13-6-8-19(17(13)12-20)16-5-4-15(10-14(16)2)11-18-7-9-21-3/h4-5,10,13,17-18,20H,6-9,11-12H2,1-3H3. The molecule has 1 aromatic rings. The Bertz CT molecular complexity index is 450. The highest BCUT2D eigenvalue weighted by molar-refractivity contribution is 5.56. The number of hydrogen-bond donors (Lipinski definition) is 2. The van der Waals surface area contributed by atoms with Gasteiger partial charge in [-0.05, 0) is 36.5 Å². The van der Waals surface area contributed by atoms with E-state index < -0.39 is 0 Å². The van der Waals surface area contributed by atoms with Gasteiger partial charge < -0.3 is 20.1 Å². The molecular formula is C17H28N2O2. The summed E-state index contributed by atoms with van der Waals surface area (Å²) in [5.41, 5.74) is 3.84. The van der Waals surface area contributed by atoms with Crippen LogP contribution >= 0.6 is 0 Å². The van der Waals surface area contributed by atoms with E-state index in [1.54, 1.807) is 7.11 Å². The molecule has 2 unspecified atom stereocenters. The molecule has 1 aromatic carbocycles. The molecule has 2 rings (SSSR count). The molecule has 2 N–H and O–H groups in total. The first-order valence-corrected chi connectivity index (χ1v) is 7.84. The second-order valence-corrected chi connectivity index (χ2v) is 6.00. The minimum absolute atomic E-state index is 0.237. The Hall–Kier alpha value is -1.10. The largest absolute Gasteiger partial charge is 0.394 e. The molecule has 4 nitrogen and oxygen atoms in total. The van der Waals surface area contributed by atoms with E-state index in [1.807, 2.05) is 0 Å². The van der Waals surface area contributed by atoms with Crippen molar-refractivity contribution in [2.75, 3.05) is 38.3 Å². The second-order valence-electron chi connectivity index (χ2n) is 6.00. The number of aryl methyl sites for hydroxylation is 1. The number of rotatable bonds is 7. The third-order valence-corrected chi connectivity index (χ3v) is 4.45. The van der Waals surface area contributed by atoms with Crippen LogP contribution in [-0.2, 0) is 11.3 Å². The van der Waals surface area contributed by atoms with E-state index in [-0.39, 0.29) is 12.6 Å².